The van der Waals surface area contributed by atoms with E-state index < -0.39 is 11.7 Å². The normalized spacial score (nSPS) is 11.4. The van der Waals surface area contributed by atoms with Gasteiger partial charge >= 0.3 is 6.18 Å². The van der Waals surface area contributed by atoms with E-state index in [1.165, 1.54) is 6.07 Å². The van der Waals surface area contributed by atoms with E-state index in [1.807, 2.05) is 19.1 Å². The van der Waals surface area contributed by atoms with Crippen LogP contribution in [0.5, 0.6) is 0 Å². The van der Waals surface area contributed by atoms with Crippen LogP contribution in [0.15, 0.2) is 36.5 Å². The minimum absolute atomic E-state index is 0.398. The van der Waals surface area contributed by atoms with E-state index >= 15 is 0 Å². The number of nitrogens with zero attached hydrogens (tertiary/aromatic N) is 1. The molecule has 0 saturated carbocycles. The zero-order valence-corrected chi connectivity index (χ0v) is 11.3. The molecule has 0 unspecified atom stereocenters. The van der Waals surface area contributed by atoms with E-state index in [9.17, 15) is 13.2 Å². The first-order valence-electron chi connectivity index (χ1n) is 6.20. The Balaban J connectivity index is 2.19. The van der Waals surface area contributed by atoms with Crippen LogP contribution >= 0.6 is 0 Å². The van der Waals surface area contributed by atoms with Gasteiger partial charge < -0.3 is 5.32 Å². The van der Waals surface area contributed by atoms with Crippen LogP contribution in [0.25, 0.3) is 0 Å². The average Bonchev–Trinajstić information content (AvgIpc) is 2.38. The van der Waals surface area contributed by atoms with Gasteiger partial charge in [-0.1, -0.05) is 12.1 Å². The molecule has 1 N–H and O–H groups in total. The molecule has 1 aromatic heterocycles. The molecule has 0 fully saturated rings. The van der Waals surface area contributed by atoms with Crippen molar-refractivity contribution in [2.75, 3.05) is 5.32 Å². The number of hydrogen-bond acceptors (Lipinski definition) is 2. The zero-order valence-electron chi connectivity index (χ0n) is 11.3. The summed E-state index contributed by atoms with van der Waals surface area (Å²) in [6.07, 6.45) is -2.66. The number of aromatic nitrogens is 1. The molecule has 1 heterocycles. The molecule has 0 aliphatic heterocycles. The molecular formula is C15H15F3N2. The van der Waals surface area contributed by atoms with E-state index in [0.29, 0.717) is 12.2 Å². The lowest BCUT2D eigenvalue weighted by atomic mass is 10.1. The van der Waals surface area contributed by atoms with Gasteiger partial charge in [-0.15, -0.1) is 0 Å². The number of halogens is 3. The van der Waals surface area contributed by atoms with Crippen LogP contribution in [0.2, 0.25) is 0 Å². The van der Waals surface area contributed by atoms with E-state index in [0.717, 1.165) is 29.0 Å². The second-order valence-corrected chi connectivity index (χ2v) is 4.65. The number of hydrogen-bond donors (Lipinski definition) is 1. The smallest absolute Gasteiger partial charge is 0.379 e. The quantitative estimate of drug-likeness (QED) is 0.905. The highest BCUT2D eigenvalue weighted by molar-refractivity contribution is 5.53. The molecule has 0 bridgehead atoms. The third-order valence-electron chi connectivity index (χ3n) is 3.13. The van der Waals surface area contributed by atoms with Crippen molar-refractivity contribution in [1.29, 1.82) is 0 Å². The van der Waals surface area contributed by atoms with E-state index in [2.05, 4.69) is 10.3 Å². The summed E-state index contributed by atoms with van der Waals surface area (Å²) in [6, 6.07) is 7.44. The minimum atomic E-state index is -4.33. The van der Waals surface area contributed by atoms with E-state index in [1.54, 1.807) is 13.1 Å². The van der Waals surface area contributed by atoms with Crippen LogP contribution in [0, 0.1) is 13.8 Å². The Kier molecular flexibility index (Phi) is 3.97. The molecule has 1 aromatic carbocycles. The first kappa shape index (κ1) is 14.4. The first-order valence-corrected chi connectivity index (χ1v) is 6.20. The van der Waals surface area contributed by atoms with Crippen LogP contribution in [-0.4, -0.2) is 4.98 Å². The van der Waals surface area contributed by atoms with Gasteiger partial charge in [0.15, 0.2) is 0 Å². The molecule has 0 spiro atoms. The average molecular weight is 280 g/mol. The summed E-state index contributed by atoms with van der Waals surface area (Å²) in [5, 5.41) is 3.02. The zero-order chi connectivity index (χ0) is 14.8. The van der Waals surface area contributed by atoms with E-state index in [4.69, 9.17) is 0 Å². The number of alkyl halides is 3. The summed E-state index contributed by atoms with van der Waals surface area (Å²) in [4.78, 5) is 4.21. The fraction of sp³-hybridized carbons (Fsp3) is 0.267. The number of benzene rings is 1. The summed E-state index contributed by atoms with van der Waals surface area (Å²) >= 11 is 0. The van der Waals surface area contributed by atoms with Crippen LogP contribution in [-0.2, 0) is 12.7 Å². The summed E-state index contributed by atoms with van der Waals surface area (Å²) in [6.45, 7) is 4.09. The highest BCUT2D eigenvalue weighted by Crippen LogP contribution is 2.32. The van der Waals surface area contributed by atoms with Crippen molar-refractivity contribution in [2.24, 2.45) is 0 Å². The van der Waals surface area contributed by atoms with Gasteiger partial charge in [0.05, 0.1) is 17.8 Å². The molecule has 0 saturated heterocycles. The van der Waals surface area contributed by atoms with Gasteiger partial charge in [0.1, 0.15) is 0 Å². The van der Waals surface area contributed by atoms with Gasteiger partial charge in [0.25, 0.3) is 0 Å². The number of anilines is 1. The first-order chi connectivity index (χ1) is 9.38. The number of aryl methyl sites for hydroxylation is 2. The third kappa shape index (κ3) is 3.29. The molecule has 0 aliphatic carbocycles. The van der Waals surface area contributed by atoms with E-state index in [-0.39, 0.29) is 0 Å². The van der Waals surface area contributed by atoms with Crippen molar-refractivity contribution in [3.8, 4) is 0 Å². The van der Waals surface area contributed by atoms with Crippen molar-refractivity contribution in [1.82, 2.24) is 4.98 Å². The van der Waals surface area contributed by atoms with Gasteiger partial charge in [0, 0.05) is 11.9 Å². The summed E-state index contributed by atoms with van der Waals surface area (Å²) in [7, 11) is 0. The summed E-state index contributed by atoms with van der Waals surface area (Å²) in [5.41, 5.74) is 2.42. The third-order valence-corrected chi connectivity index (χ3v) is 3.13. The van der Waals surface area contributed by atoms with Crippen molar-refractivity contribution in [3.05, 3.63) is 58.9 Å². The maximum absolute atomic E-state index is 12.7. The fourth-order valence-corrected chi connectivity index (χ4v) is 1.87. The molecule has 2 aromatic rings. The highest BCUT2D eigenvalue weighted by atomic mass is 19.4. The lowest BCUT2D eigenvalue weighted by Gasteiger charge is -2.13. The molecule has 2 rings (SSSR count). The van der Waals surface area contributed by atoms with Crippen LogP contribution in [0.3, 0.4) is 0 Å². The molecule has 5 heteroatoms. The predicted molar refractivity (Wildman–Crippen MR) is 72.5 cm³/mol. The summed E-state index contributed by atoms with van der Waals surface area (Å²) in [5.74, 6) is 0. The Morgan fingerprint density at radius 2 is 1.85 bits per heavy atom. The van der Waals surface area contributed by atoms with Crippen LogP contribution in [0.1, 0.15) is 22.4 Å². The van der Waals surface area contributed by atoms with Gasteiger partial charge in [-0.05, 0) is 43.2 Å². The Morgan fingerprint density at radius 3 is 2.50 bits per heavy atom. The topological polar surface area (TPSA) is 24.9 Å². The number of pyridine rings is 1. The van der Waals surface area contributed by atoms with Gasteiger partial charge in [-0.3, -0.25) is 4.98 Å². The van der Waals surface area contributed by atoms with Gasteiger partial charge in [0.2, 0.25) is 0 Å². The Morgan fingerprint density at radius 1 is 1.10 bits per heavy atom. The SMILES string of the molecule is Cc1ccc(C(F)(F)F)cc1NCc1ncccc1C. The minimum Gasteiger partial charge on any atom is -0.379 e. The molecule has 0 atom stereocenters. The van der Waals surface area contributed by atoms with Gasteiger partial charge in [-0.25, -0.2) is 0 Å². The monoisotopic (exact) mass is 280 g/mol. The molecule has 2 nitrogen and oxygen atoms in total. The molecule has 0 radical (unpaired) electrons. The second-order valence-electron chi connectivity index (χ2n) is 4.65. The Bertz CT molecular complexity index is 606. The molecular weight excluding hydrogens is 265 g/mol. The second kappa shape index (κ2) is 5.53. The Labute approximate surface area is 115 Å². The number of nitrogens with one attached hydrogen (secondary N) is 1. The fourth-order valence-electron chi connectivity index (χ4n) is 1.87. The largest absolute Gasteiger partial charge is 0.416 e. The maximum atomic E-state index is 12.7. The van der Waals surface area contributed by atoms with Crippen molar-refractivity contribution >= 4 is 5.69 Å². The standard InChI is InChI=1S/C15H15F3N2/c1-10-4-3-7-19-14(10)9-20-13-8-12(15(16,17)18)6-5-11(13)2/h3-8,20H,9H2,1-2H3. The summed E-state index contributed by atoms with van der Waals surface area (Å²) < 4.78 is 38.1. The number of rotatable bonds is 3. The maximum Gasteiger partial charge on any atom is 0.416 e. The lowest BCUT2D eigenvalue weighted by molar-refractivity contribution is -0.137. The highest BCUT2D eigenvalue weighted by Gasteiger charge is 2.30. The molecule has 106 valence electrons. The van der Waals surface area contributed by atoms with Crippen molar-refractivity contribution in [3.63, 3.8) is 0 Å². The van der Waals surface area contributed by atoms with Crippen molar-refractivity contribution in [2.45, 2.75) is 26.6 Å². The molecule has 0 amide bonds. The van der Waals surface area contributed by atoms with Crippen LogP contribution in [0.4, 0.5) is 18.9 Å². The molecule has 0 aliphatic rings. The Hall–Kier alpha value is -2.04. The predicted octanol–water partition coefficient (Wildman–Crippen LogP) is 4.33. The molecule has 20 heavy (non-hydrogen) atoms. The lowest BCUT2D eigenvalue weighted by Crippen LogP contribution is -2.08. The van der Waals surface area contributed by atoms with Crippen LogP contribution < -0.4 is 5.32 Å². The van der Waals surface area contributed by atoms with Gasteiger partial charge in [-0.2, -0.15) is 13.2 Å². The van der Waals surface area contributed by atoms with Crippen molar-refractivity contribution < 1.29 is 13.2 Å².